The number of carbonyl (C=O) groups excluding carboxylic acids is 2. The second-order valence-corrected chi connectivity index (χ2v) is 8.85. The van der Waals surface area contributed by atoms with Crippen LogP contribution in [-0.2, 0) is 9.59 Å². The van der Waals surface area contributed by atoms with Gasteiger partial charge in [0.25, 0.3) is 11.8 Å². The van der Waals surface area contributed by atoms with Crippen LogP contribution in [-0.4, -0.2) is 16.8 Å². The van der Waals surface area contributed by atoms with E-state index in [1.165, 1.54) is 11.8 Å². The third-order valence-electron chi connectivity index (χ3n) is 4.04. The molecule has 2 heterocycles. The molecule has 4 rings (SSSR count). The fourth-order valence-electron chi connectivity index (χ4n) is 2.94. The molecular weight excluding hydrogens is 438 g/mol. The molecule has 0 saturated carbocycles. The predicted octanol–water partition coefficient (Wildman–Crippen LogP) is 4.41. The maximum atomic E-state index is 12.6. The second-order valence-electron chi connectivity index (χ2n) is 6.07. The number of hydrogen-bond donors (Lipinski definition) is 3. The Bertz CT molecular complexity index is 977. The Morgan fingerprint density at radius 3 is 2.58 bits per heavy atom. The Morgan fingerprint density at radius 1 is 1.12 bits per heavy atom. The summed E-state index contributed by atoms with van der Waals surface area (Å²) in [5, 5.41) is 9.64. The van der Waals surface area contributed by atoms with E-state index in [0.717, 1.165) is 15.7 Å². The number of thioether (sulfide) groups is 1. The Kier molecular flexibility index (Phi) is 4.25. The Morgan fingerprint density at radius 2 is 1.85 bits per heavy atom. The van der Waals surface area contributed by atoms with E-state index in [0.29, 0.717) is 21.2 Å². The van der Waals surface area contributed by atoms with Crippen molar-refractivity contribution in [2.24, 2.45) is 0 Å². The van der Waals surface area contributed by atoms with Gasteiger partial charge in [0.1, 0.15) is 0 Å². The lowest BCUT2D eigenvalue weighted by Gasteiger charge is -2.25. The highest BCUT2D eigenvalue weighted by molar-refractivity contribution is 9.10. The SMILES string of the molecule is CC1(Nc2ccc(Cl)cc2)NC(=O)/C(=C2/C(=O)Nc3ccc(Br)cc32)S1. The number of nitrogens with one attached hydrogen (secondary N) is 3. The summed E-state index contributed by atoms with van der Waals surface area (Å²) in [6, 6.07) is 12.7. The van der Waals surface area contributed by atoms with Gasteiger partial charge in [0, 0.05) is 26.4 Å². The second kappa shape index (κ2) is 6.33. The van der Waals surface area contributed by atoms with Crippen molar-refractivity contribution >= 4 is 68.1 Å². The number of rotatable bonds is 2. The van der Waals surface area contributed by atoms with Gasteiger partial charge in [-0.25, -0.2) is 0 Å². The molecule has 0 aromatic heterocycles. The predicted molar refractivity (Wildman–Crippen MR) is 109 cm³/mol. The van der Waals surface area contributed by atoms with Crippen molar-refractivity contribution in [3.63, 3.8) is 0 Å². The van der Waals surface area contributed by atoms with E-state index in [1.807, 2.05) is 37.3 Å². The summed E-state index contributed by atoms with van der Waals surface area (Å²) in [6.45, 7) is 1.85. The van der Waals surface area contributed by atoms with Crippen molar-refractivity contribution < 1.29 is 9.59 Å². The van der Waals surface area contributed by atoms with E-state index in [-0.39, 0.29) is 11.8 Å². The van der Waals surface area contributed by atoms with Crippen LogP contribution in [0, 0.1) is 0 Å². The zero-order valence-electron chi connectivity index (χ0n) is 13.5. The fraction of sp³-hybridized carbons (Fsp3) is 0.111. The maximum absolute atomic E-state index is 12.6. The molecule has 2 aromatic rings. The average molecular weight is 451 g/mol. The molecule has 1 fully saturated rings. The molecule has 26 heavy (non-hydrogen) atoms. The van der Waals surface area contributed by atoms with Gasteiger partial charge in [0.05, 0.1) is 10.5 Å². The van der Waals surface area contributed by atoms with E-state index < -0.39 is 4.99 Å². The summed E-state index contributed by atoms with van der Waals surface area (Å²) in [7, 11) is 0. The first-order valence-corrected chi connectivity index (χ1v) is 9.74. The van der Waals surface area contributed by atoms with Crippen LogP contribution in [0.15, 0.2) is 51.8 Å². The number of carbonyl (C=O) groups is 2. The monoisotopic (exact) mass is 449 g/mol. The topological polar surface area (TPSA) is 70.2 Å². The number of benzene rings is 2. The van der Waals surface area contributed by atoms with Gasteiger partial charge in [-0.1, -0.05) is 39.3 Å². The third-order valence-corrected chi connectivity index (χ3v) is 6.00. The van der Waals surface area contributed by atoms with E-state index in [2.05, 4.69) is 31.9 Å². The van der Waals surface area contributed by atoms with Crippen LogP contribution in [0.25, 0.3) is 5.57 Å². The molecule has 1 unspecified atom stereocenters. The molecule has 8 heteroatoms. The lowest BCUT2D eigenvalue weighted by atomic mass is 10.1. The average Bonchev–Trinajstić information content (AvgIpc) is 3.04. The molecule has 2 amide bonds. The highest BCUT2D eigenvalue weighted by Crippen LogP contribution is 2.45. The van der Waals surface area contributed by atoms with Gasteiger partial charge in [-0.3, -0.25) is 9.59 Å². The lowest BCUT2D eigenvalue weighted by Crippen LogP contribution is -2.43. The summed E-state index contributed by atoms with van der Waals surface area (Å²) in [5.74, 6) is -0.552. The van der Waals surface area contributed by atoms with Crippen molar-refractivity contribution in [2.45, 2.75) is 11.9 Å². The van der Waals surface area contributed by atoms with Crippen LogP contribution in [0.5, 0.6) is 0 Å². The van der Waals surface area contributed by atoms with Gasteiger partial charge in [0.15, 0.2) is 4.99 Å². The standard InChI is InChI=1S/C18H13BrClN3O2S/c1-18(22-11-5-3-10(20)4-6-11)23-17(25)15(26-18)14-12-8-9(19)2-7-13(12)21-16(14)24/h2-8,22H,1H3,(H,21,24)(H,23,25)/b15-14-. The minimum absolute atomic E-state index is 0.272. The van der Waals surface area contributed by atoms with Gasteiger partial charge in [-0.05, 0) is 49.4 Å². The normalized spacial score (nSPS) is 24.3. The molecule has 2 aliphatic rings. The molecule has 2 aromatic carbocycles. The van der Waals surface area contributed by atoms with Crippen LogP contribution >= 0.6 is 39.3 Å². The van der Waals surface area contributed by atoms with Crippen molar-refractivity contribution in [3.8, 4) is 0 Å². The van der Waals surface area contributed by atoms with Crippen molar-refractivity contribution in [2.75, 3.05) is 10.6 Å². The molecule has 2 aliphatic heterocycles. The quantitative estimate of drug-likeness (QED) is 0.593. The van der Waals surface area contributed by atoms with Gasteiger partial charge < -0.3 is 16.0 Å². The number of anilines is 2. The molecule has 1 saturated heterocycles. The van der Waals surface area contributed by atoms with Crippen molar-refractivity contribution in [3.05, 3.63) is 62.4 Å². The van der Waals surface area contributed by atoms with E-state index in [4.69, 9.17) is 11.6 Å². The molecule has 5 nitrogen and oxygen atoms in total. The minimum Gasteiger partial charge on any atom is -0.354 e. The third kappa shape index (κ3) is 3.11. The van der Waals surface area contributed by atoms with Crippen LogP contribution in [0.1, 0.15) is 12.5 Å². The summed E-state index contributed by atoms with van der Waals surface area (Å²) < 4.78 is 0.844. The molecule has 0 bridgehead atoms. The smallest absolute Gasteiger partial charge is 0.261 e. The zero-order valence-corrected chi connectivity index (χ0v) is 16.7. The highest BCUT2D eigenvalue weighted by atomic mass is 79.9. The summed E-state index contributed by atoms with van der Waals surface area (Å²) in [4.78, 5) is 24.7. The molecule has 0 spiro atoms. The van der Waals surface area contributed by atoms with Crippen LogP contribution in [0.4, 0.5) is 11.4 Å². The van der Waals surface area contributed by atoms with E-state index in [1.54, 1.807) is 12.1 Å². The zero-order chi connectivity index (χ0) is 18.5. The fourth-order valence-corrected chi connectivity index (χ4v) is 4.60. The Hall–Kier alpha value is -1.96. The van der Waals surface area contributed by atoms with Gasteiger partial charge in [-0.15, -0.1) is 0 Å². The summed E-state index contributed by atoms with van der Waals surface area (Å²) in [6.07, 6.45) is 0. The summed E-state index contributed by atoms with van der Waals surface area (Å²) in [5.41, 5.74) is 2.63. The molecular formula is C18H13BrClN3O2S. The molecule has 132 valence electrons. The number of halogens is 2. The summed E-state index contributed by atoms with van der Waals surface area (Å²) >= 11 is 10.6. The number of amides is 2. The molecule has 1 atom stereocenters. The van der Waals surface area contributed by atoms with Crippen LogP contribution in [0.2, 0.25) is 5.02 Å². The van der Waals surface area contributed by atoms with Gasteiger partial charge in [0.2, 0.25) is 0 Å². The first kappa shape index (κ1) is 17.5. The first-order valence-electron chi connectivity index (χ1n) is 7.75. The van der Waals surface area contributed by atoms with Crippen molar-refractivity contribution in [1.29, 1.82) is 0 Å². The van der Waals surface area contributed by atoms with Crippen LogP contribution in [0.3, 0.4) is 0 Å². The number of fused-ring (bicyclic) bond motifs is 1. The van der Waals surface area contributed by atoms with E-state index >= 15 is 0 Å². The highest BCUT2D eigenvalue weighted by Gasteiger charge is 2.42. The van der Waals surface area contributed by atoms with Gasteiger partial charge >= 0.3 is 0 Å². The first-order chi connectivity index (χ1) is 12.3. The number of hydrogen-bond acceptors (Lipinski definition) is 4. The molecule has 0 radical (unpaired) electrons. The minimum atomic E-state index is -0.776. The molecule has 3 N–H and O–H groups in total. The van der Waals surface area contributed by atoms with E-state index in [9.17, 15) is 9.59 Å². The maximum Gasteiger partial charge on any atom is 0.261 e. The largest absolute Gasteiger partial charge is 0.354 e. The van der Waals surface area contributed by atoms with Crippen molar-refractivity contribution in [1.82, 2.24) is 5.32 Å². The Balaban J connectivity index is 1.70. The van der Waals surface area contributed by atoms with Gasteiger partial charge in [-0.2, -0.15) is 0 Å². The lowest BCUT2D eigenvalue weighted by molar-refractivity contribution is -0.117. The van der Waals surface area contributed by atoms with Crippen LogP contribution < -0.4 is 16.0 Å². The molecule has 0 aliphatic carbocycles. The Labute approximate surface area is 167 Å².